The van der Waals surface area contributed by atoms with Gasteiger partial charge in [-0.2, -0.15) is 0 Å². The SMILES string of the molecule is O=C(NC[C@@H](O)[C@@H]1Cc2ccccc2CN1)c1ccc2[nH]nnc2c1. The lowest BCUT2D eigenvalue weighted by Gasteiger charge is -2.30. The van der Waals surface area contributed by atoms with Crippen LogP contribution in [0.2, 0.25) is 0 Å². The number of rotatable bonds is 4. The summed E-state index contributed by atoms with van der Waals surface area (Å²) in [7, 11) is 0. The third-order valence-corrected chi connectivity index (χ3v) is 4.64. The Labute approximate surface area is 144 Å². The molecule has 2 heterocycles. The monoisotopic (exact) mass is 337 g/mol. The molecule has 1 aliphatic rings. The number of carbonyl (C=O) groups is 1. The zero-order valence-corrected chi connectivity index (χ0v) is 13.6. The normalized spacial score (nSPS) is 17.9. The maximum absolute atomic E-state index is 12.3. The molecule has 7 nitrogen and oxygen atoms in total. The van der Waals surface area contributed by atoms with Crippen molar-refractivity contribution in [2.24, 2.45) is 0 Å². The Morgan fingerprint density at radius 2 is 2.12 bits per heavy atom. The molecule has 0 saturated carbocycles. The Balaban J connectivity index is 1.37. The Hall–Kier alpha value is -2.77. The van der Waals surface area contributed by atoms with E-state index in [9.17, 15) is 9.90 Å². The standard InChI is InChI=1S/C18H19N5O2/c24-17(16-7-11-3-1-2-4-13(11)9-19-16)10-20-18(25)12-5-6-14-15(8-12)22-23-21-14/h1-6,8,16-17,19,24H,7,9-10H2,(H,20,25)(H,21,22,23)/t16-,17+/m0/s1. The largest absolute Gasteiger partial charge is 0.390 e. The molecule has 2 aromatic carbocycles. The van der Waals surface area contributed by atoms with Crippen molar-refractivity contribution in [1.82, 2.24) is 26.0 Å². The third-order valence-electron chi connectivity index (χ3n) is 4.64. The number of amides is 1. The number of aromatic nitrogens is 3. The van der Waals surface area contributed by atoms with E-state index in [1.54, 1.807) is 18.2 Å². The molecule has 0 radical (unpaired) electrons. The molecule has 0 fully saturated rings. The Morgan fingerprint density at radius 1 is 1.28 bits per heavy atom. The summed E-state index contributed by atoms with van der Waals surface area (Å²) in [5.41, 5.74) is 4.42. The van der Waals surface area contributed by atoms with Gasteiger partial charge in [-0.3, -0.25) is 9.89 Å². The molecule has 0 aliphatic carbocycles. The van der Waals surface area contributed by atoms with E-state index < -0.39 is 6.10 Å². The van der Waals surface area contributed by atoms with Crippen LogP contribution in [0.15, 0.2) is 42.5 Å². The first-order valence-corrected chi connectivity index (χ1v) is 8.28. The molecule has 0 spiro atoms. The lowest BCUT2D eigenvalue weighted by Crippen LogP contribution is -2.49. The molecule has 0 saturated heterocycles. The van der Waals surface area contributed by atoms with E-state index in [2.05, 4.69) is 38.2 Å². The van der Waals surface area contributed by atoms with Crippen LogP contribution in [0.5, 0.6) is 0 Å². The van der Waals surface area contributed by atoms with Crippen LogP contribution < -0.4 is 10.6 Å². The van der Waals surface area contributed by atoms with Crippen LogP contribution in [0.1, 0.15) is 21.5 Å². The van der Waals surface area contributed by atoms with Gasteiger partial charge in [0.15, 0.2) is 0 Å². The minimum absolute atomic E-state index is 0.0757. The molecule has 3 aromatic rings. The van der Waals surface area contributed by atoms with Gasteiger partial charge in [-0.15, -0.1) is 5.10 Å². The highest BCUT2D eigenvalue weighted by Gasteiger charge is 2.24. The summed E-state index contributed by atoms with van der Waals surface area (Å²) in [5.74, 6) is -0.236. The van der Waals surface area contributed by atoms with Crippen molar-refractivity contribution in [1.29, 1.82) is 0 Å². The lowest BCUT2D eigenvalue weighted by atomic mass is 9.93. The summed E-state index contributed by atoms with van der Waals surface area (Å²) in [6, 6.07) is 13.3. The van der Waals surface area contributed by atoms with Gasteiger partial charge in [0.05, 0.1) is 11.6 Å². The van der Waals surface area contributed by atoms with Crippen LogP contribution in [-0.4, -0.2) is 45.1 Å². The van der Waals surface area contributed by atoms with Crippen LogP contribution in [0, 0.1) is 0 Å². The van der Waals surface area contributed by atoms with Crippen molar-refractivity contribution in [2.75, 3.05) is 6.54 Å². The van der Waals surface area contributed by atoms with Gasteiger partial charge in [-0.05, 0) is 35.7 Å². The highest BCUT2D eigenvalue weighted by atomic mass is 16.3. The molecule has 7 heteroatoms. The zero-order chi connectivity index (χ0) is 17.2. The average molecular weight is 337 g/mol. The third kappa shape index (κ3) is 3.24. The first-order chi connectivity index (χ1) is 12.2. The molecule has 1 amide bonds. The van der Waals surface area contributed by atoms with E-state index in [1.165, 1.54) is 11.1 Å². The van der Waals surface area contributed by atoms with Crippen molar-refractivity contribution >= 4 is 16.9 Å². The number of aliphatic hydroxyl groups excluding tert-OH is 1. The molecular weight excluding hydrogens is 318 g/mol. The number of carbonyl (C=O) groups excluding carboxylic acids is 1. The summed E-state index contributed by atoms with van der Waals surface area (Å²) < 4.78 is 0. The predicted molar refractivity (Wildman–Crippen MR) is 93.0 cm³/mol. The second-order valence-electron chi connectivity index (χ2n) is 6.28. The molecule has 0 unspecified atom stereocenters. The number of fused-ring (bicyclic) bond motifs is 2. The lowest BCUT2D eigenvalue weighted by molar-refractivity contribution is 0.0870. The van der Waals surface area contributed by atoms with E-state index in [-0.39, 0.29) is 18.5 Å². The Morgan fingerprint density at radius 3 is 3.00 bits per heavy atom. The summed E-state index contributed by atoms with van der Waals surface area (Å²) in [6.45, 7) is 0.921. The number of H-pyrrole nitrogens is 1. The second kappa shape index (κ2) is 6.62. The molecular formula is C18H19N5O2. The first-order valence-electron chi connectivity index (χ1n) is 8.28. The number of hydrogen-bond acceptors (Lipinski definition) is 5. The fourth-order valence-corrected chi connectivity index (χ4v) is 3.18. The maximum atomic E-state index is 12.3. The number of aromatic amines is 1. The van der Waals surface area contributed by atoms with E-state index in [0.29, 0.717) is 11.1 Å². The van der Waals surface area contributed by atoms with Crippen LogP contribution in [0.3, 0.4) is 0 Å². The number of hydrogen-bond donors (Lipinski definition) is 4. The van der Waals surface area contributed by atoms with Gasteiger partial charge in [0, 0.05) is 24.7 Å². The summed E-state index contributed by atoms with van der Waals surface area (Å²) in [4.78, 5) is 12.3. The average Bonchev–Trinajstić information content (AvgIpc) is 3.13. The van der Waals surface area contributed by atoms with Gasteiger partial charge in [-0.25, -0.2) is 0 Å². The molecule has 2 atom stereocenters. The van der Waals surface area contributed by atoms with Crippen LogP contribution in [0.4, 0.5) is 0 Å². The molecule has 4 rings (SSSR count). The molecule has 25 heavy (non-hydrogen) atoms. The van der Waals surface area contributed by atoms with Crippen LogP contribution in [-0.2, 0) is 13.0 Å². The van der Waals surface area contributed by atoms with E-state index in [4.69, 9.17) is 0 Å². The van der Waals surface area contributed by atoms with Crippen molar-refractivity contribution < 1.29 is 9.90 Å². The molecule has 1 aromatic heterocycles. The van der Waals surface area contributed by atoms with E-state index in [1.807, 2.05) is 12.1 Å². The quantitative estimate of drug-likeness (QED) is 0.563. The summed E-state index contributed by atoms with van der Waals surface area (Å²) in [5, 5.41) is 26.9. The van der Waals surface area contributed by atoms with E-state index in [0.717, 1.165) is 18.5 Å². The first kappa shape index (κ1) is 15.7. The minimum Gasteiger partial charge on any atom is -0.390 e. The number of nitrogens with zero attached hydrogens (tertiary/aromatic N) is 2. The van der Waals surface area contributed by atoms with Gasteiger partial charge in [0.2, 0.25) is 0 Å². The van der Waals surface area contributed by atoms with Gasteiger partial charge >= 0.3 is 0 Å². The van der Waals surface area contributed by atoms with Gasteiger partial charge < -0.3 is 15.7 Å². The van der Waals surface area contributed by atoms with Gasteiger partial charge in [0.1, 0.15) is 5.52 Å². The molecule has 128 valence electrons. The number of benzene rings is 2. The van der Waals surface area contributed by atoms with Crippen molar-refractivity contribution in [3.05, 3.63) is 59.2 Å². The summed E-state index contributed by atoms with van der Waals surface area (Å²) in [6.07, 6.45) is 0.0889. The second-order valence-corrected chi connectivity index (χ2v) is 6.28. The fraction of sp³-hybridized carbons (Fsp3) is 0.278. The molecule has 4 N–H and O–H groups in total. The minimum atomic E-state index is -0.659. The van der Waals surface area contributed by atoms with Crippen molar-refractivity contribution in [2.45, 2.75) is 25.1 Å². The van der Waals surface area contributed by atoms with Crippen LogP contribution in [0.25, 0.3) is 11.0 Å². The van der Waals surface area contributed by atoms with E-state index >= 15 is 0 Å². The number of nitrogens with one attached hydrogen (secondary N) is 3. The van der Waals surface area contributed by atoms with Crippen molar-refractivity contribution in [3.8, 4) is 0 Å². The highest BCUT2D eigenvalue weighted by molar-refractivity contribution is 5.97. The topological polar surface area (TPSA) is 103 Å². The zero-order valence-electron chi connectivity index (χ0n) is 13.6. The number of aliphatic hydroxyl groups is 1. The predicted octanol–water partition coefficient (Wildman–Crippen LogP) is 0.763. The molecule has 0 bridgehead atoms. The Kier molecular flexibility index (Phi) is 4.17. The highest BCUT2D eigenvalue weighted by Crippen LogP contribution is 2.18. The van der Waals surface area contributed by atoms with Crippen molar-refractivity contribution in [3.63, 3.8) is 0 Å². The molecule has 1 aliphatic heterocycles. The maximum Gasteiger partial charge on any atom is 0.251 e. The smallest absolute Gasteiger partial charge is 0.251 e. The summed E-state index contributed by atoms with van der Waals surface area (Å²) >= 11 is 0. The van der Waals surface area contributed by atoms with Gasteiger partial charge in [0.25, 0.3) is 5.91 Å². The van der Waals surface area contributed by atoms with Gasteiger partial charge in [-0.1, -0.05) is 29.5 Å². The fourth-order valence-electron chi connectivity index (χ4n) is 3.18. The Bertz CT molecular complexity index is 907. The van der Waals surface area contributed by atoms with Crippen LogP contribution >= 0.6 is 0 Å².